The van der Waals surface area contributed by atoms with Crippen molar-refractivity contribution in [1.82, 2.24) is 0 Å². The van der Waals surface area contributed by atoms with Gasteiger partial charge >= 0.3 is 0 Å². The number of benzene rings is 1. The molecule has 2 unspecified atom stereocenters. The first-order chi connectivity index (χ1) is 9.54. The first-order valence-corrected chi connectivity index (χ1v) is 7.16. The molecule has 1 rings (SSSR count). The van der Waals surface area contributed by atoms with Crippen LogP contribution in [0.2, 0.25) is 0 Å². The molecular weight excluding hydrogens is 252 g/mol. The number of hydrogen-bond donors (Lipinski definition) is 1. The number of aliphatic hydroxyl groups is 1. The fraction of sp³-hybridized carbons (Fsp3) is 0.500. The van der Waals surface area contributed by atoms with Gasteiger partial charge in [-0.3, -0.25) is 0 Å². The van der Waals surface area contributed by atoms with Gasteiger partial charge in [0.05, 0.1) is 6.10 Å². The minimum absolute atomic E-state index is 0.410. The highest BCUT2D eigenvalue weighted by Crippen LogP contribution is 2.20. The molecule has 1 N–H and O–H groups in total. The number of rotatable bonds is 7. The van der Waals surface area contributed by atoms with E-state index in [1.807, 2.05) is 30.3 Å². The van der Waals surface area contributed by atoms with Gasteiger partial charge in [-0.25, -0.2) is 0 Å². The molecule has 1 aromatic carbocycles. The first kappa shape index (κ1) is 16.4. The summed E-state index contributed by atoms with van der Waals surface area (Å²) in [4.78, 5) is 0.579. The van der Waals surface area contributed by atoms with E-state index in [0.29, 0.717) is 4.86 Å². The van der Waals surface area contributed by atoms with E-state index in [1.54, 1.807) is 13.8 Å². The van der Waals surface area contributed by atoms with Crippen LogP contribution in [0, 0.1) is 5.21 Å². The zero-order chi connectivity index (χ0) is 15.0. The summed E-state index contributed by atoms with van der Waals surface area (Å²) in [7, 11) is 0. The fourth-order valence-corrected chi connectivity index (χ4v) is 1.75. The average Bonchev–Trinajstić information content (AvgIpc) is 2.44. The molecule has 0 aliphatic rings. The summed E-state index contributed by atoms with van der Waals surface area (Å²) in [6.45, 7) is 5.47. The lowest BCUT2D eigenvalue weighted by atomic mass is 10.0. The van der Waals surface area contributed by atoms with Crippen LogP contribution in [-0.4, -0.2) is 22.1 Å². The summed E-state index contributed by atoms with van der Waals surface area (Å²) in [6.07, 6.45) is 3.84. The highest BCUT2D eigenvalue weighted by molar-refractivity contribution is 5.64. The standard InChI is InChI=1S/C16H24N2O2/c1-4-5-9-16(15-10-7-6-8-11-15)12-18(20)17-13(2)14(3)19/h6-8,10-14,19H,4-5,9H2,1-3H3. The predicted octanol–water partition coefficient (Wildman–Crippen LogP) is 3.95. The van der Waals surface area contributed by atoms with Crippen molar-refractivity contribution in [1.29, 1.82) is 0 Å². The molecule has 0 amide bonds. The lowest BCUT2D eigenvalue weighted by Crippen LogP contribution is -2.18. The monoisotopic (exact) mass is 276 g/mol. The molecule has 0 fully saturated rings. The summed E-state index contributed by atoms with van der Waals surface area (Å²) in [6, 6.07) is 9.45. The van der Waals surface area contributed by atoms with Gasteiger partial charge in [-0.05, 0) is 37.4 Å². The van der Waals surface area contributed by atoms with Crippen LogP contribution in [0.5, 0.6) is 0 Å². The average molecular weight is 276 g/mol. The predicted molar refractivity (Wildman–Crippen MR) is 81.1 cm³/mol. The van der Waals surface area contributed by atoms with E-state index in [9.17, 15) is 10.3 Å². The minimum Gasteiger partial charge on any atom is -0.595 e. The maximum absolute atomic E-state index is 11.9. The van der Waals surface area contributed by atoms with Gasteiger partial charge in [-0.2, -0.15) is 0 Å². The number of unbranched alkanes of at least 4 members (excludes halogenated alkanes) is 1. The zero-order valence-electron chi connectivity index (χ0n) is 12.5. The maximum Gasteiger partial charge on any atom is 0.213 e. The third-order valence-electron chi connectivity index (χ3n) is 3.20. The molecule has 0 saturated carbocycles. The Morgan fingerprint density at radius 2 is 2.00 bits per heavy atom. The van der Waals surface area contributed by atoms with Crippen LogP contribution in [0.1, 0.15) is 45.6 Å². The summed E-state index contributed by atoms with van der Waals surface area (Å²) >= 11 is 0. The van der Waals surface area contributed by atoms with Gasteiger partial charge in [-0.15, -0.1) is 0 Å². The lowest BCUT2D eigenvalue weighted by molar-refractivity contribution is -0.462. The second-order valence-corrected chi connectivity index (χ2v) is 5.02. The summed E-state index contributed by atoms with van der Waals surface area (Å²) < 4.78 is 0. The van der Waals surface area contributed by atoms with Crippen LogP contribution in [0.3, 0.4) is 0 Å². The third-order valence-corrected chi connectivity index (χ3v) is 3.20. The van der Waals surface area contributed by atoms with Crippen molar-refractivity contribution in [3.63, 3.8) is 0 Å². The van der Waals surface area contributed by atoms with Crippen molar-refractivity contribution in [3.8, 4) is 0 Å². The highest BCUT2D eigenvalue weighted by Gasteiger charge is 2.11. The van der Waals surface area contributed by atoms with Gasteiger partial charge in [0, 0.05) is 5.57 Å². The van der Waals surface area contributed by atoms with E-state index in [-0.39, 0.29) is 0 Å². The molecule has 1 aromatic rings. The van der Waals surface area contributed by atoms with E-state index >= 15 is 0 Å². The van der Waals surface area contributed by atoms with E-state index in [0.717, 1.165) is 30.4 Å². The molecule has 0 saturated heterocycles. The van der Waals surface area contributed by atoms with Crippen molar-refractivity contribution >= 4 is 5.57 Å². The smallest absolute Gasteiger partial charge is 0.213 e. The molecule has 4 heteroatoms. The number of azo groups is 1. The zero-order valence-corrected chi connectivity index (χ0v) is 12.5. The van der Waals surface area contributed by atoms with Crippen LogP contribution < -0.4 is 0 Å². The normalized spacial score (nSPS) is 16.0. The first-order valence-electron chi connectivity index (χ1n) is 7.16. The molecule has 110 valence electrons. The number of nitrogens with zero attached hydrogens (tertiary/aromatic N) is 2. The number of hydrogen-bond acceptors (Lipinski definition) is 3. The molecule has 2 atom stereocenters. The third kappa shape index (κ3) is 5.53. The Labute approximate surface area is 121 Å². The Kier molecular flexibility index (Phi) is 6.94. The summed E-state index contributed by atoms with van der Waals surface area (Å²) in [5, 5.41) is 25.2. The number of allylic oxidation sites excluding steroid dienone is 1. The quantitative estimate of drug-likeness (QED) is 0.465. The molecule has 0 aliphatic carbocycles. The SMILES string of the molecule is CCCCC(=C[N+]([O-])=NC(C)C(C)O)c1ccccc1. The molecule has 0 aromatic heterocycles. The largest absolute Gasteiger partial charge is 0.595 e. The van der Waals surface area contributed by atoms with E-state index in [4.69, 9.17) is 0 Å². The Balaban J connectivity index is 2.95. The maximum atomic E-state index is 11.9. The van der Waals surface area contributed by atoms with Gasteiger partial charge in [-0.1, -0.05) is 48.5 Å². The van der Waals surface area contributed by atoms with Gasteiger partial charge < -0.3 is 10.3 Å². The van der Waals surface area contributed by atoms with Crippen molar-refractivity contribution in [2.45, 2.75) is 52.2 Å². The van der Waals surface area contributed by atoms with Crippen molar-refractivity contribution in [3.05, 3.63) is 47.3 Å². The number of aliphatic hydroxyl groups excluding tert-OH is 1. The topological polar surface area (TPSA) is 58.7 Å². The van der Waals surface area contributed by atoms with E-state index in [2.05, 4.69) is 12.0 Å². The Morgan fingerprint density at radius 1 is 1.35 bits per heavy atom. The lowest BCUT2D eigenvalue weighted by Gasteiger charge is -2.08. The Bertz CT molecular complexity index is 453. The Hall–Kier alpha value is -1.68. The van der Waals surface area contributed by atoms with Gasteiger partial charge in [0.25, 0.3) is 0 Å². The molecule has 4 nitrogen and oxygen atoms in total. The molecule has 0 bridgehead atoms. The van der Waals surface area contributed by atoms with Gasteiger partial charge in [0.2, 0.25) is 6.20 Å². The van der Waals surface area contributed by atoms with Crippen LogP contribution in [0.4, 0.5) is 0 Å². The molecule has 0 aliphatic heterocycles. The molecule has 0 spiro atoms. The van der Waals surface area contributed by atoms with Crippen LogP contribution in [0.15, 0.2) is 41.6 Å². The molecule has 0 heterocycles. The molecule has 0 radical (unpaired) electrons. The highest BCUT2D eigenvalue weighted by atomic mass is 16.5. The van der Waals surface area contributed by atoms with E-state index < -0.39 is 12.1 Å². The van der Waals surface area contributed by atoms with E-state index in [1.165, 1.54) is 6.20 Å². The van der Waals surface area contributed by atoms with Gasteiger partial charge in [0.1, 0.15) is 6.04 Å². The molecular formula is C16H24N2O2. The number of hydroxylamine groups is 1. The van der Waals surface area contributed by atoms with Gasteiger partial charge in [0.15, 0.2) is 0 Å². The van der Waals surface area contributed by atoms with Crippen LogP contribution >= 0.6 is 0 Å². The van der Waals surface area contributed by atoms with Crippen LogP contribution in [0.25, 0.3) is 5.57 Å². The fourth-order valence-electron chi connectivity index (χ4n) is 1.75. The Morgan fingerprint density at radius 3 is 2.55 bits per heavy atom. The van der Waals surface area contributed by atoms with Crippen molar-refractivity contribution in [2.24, 2.45) is 5.11 Å². The molecule has 20 heavy (non-hydrogen) atoms. The van der Waals surface area contributed by atoms with Crippen molar-refractivity contribution < 1.29 is 9.97 Å². The van der Waals surface area contributed by atoms with Crippen molar-refractivity contribution in [2.75, 3.05) is 0 Å². The summed E-state index contributed by atoms with van der Waals surface area (Å²) in [5.74, 6) is 0. The van der Waals surface area contributed by atoms with Crippen LogP contribution in [-0.2, 0) is 0 Å². The summed E-state index contributed by atoms with van der Waals surface area (Å²) in [5.41, 5.74) is 2.02. The minimum atomic E-state index is -0.629. The second-order valence-electron chi connectivity index (χ2n) is 5.02. The second kappa shape index (κ2) is 8.48.